The number of hydrogen-bond donors (Lipinski definition) is 0. The summed E-state index contributed by atoms with van der Waals surface area (Å²) in [6.07, 6.45) is 14.4. The minimum Gasteiger partial charge on any atom is -0.461 e. The van der Waals surface area contributed by atoms with Crippen LogP contribution in [0.5, 0.6) is 0 Å². The summed E-state index contributed by atoms with van der Waals surface area (Å²) in [7, 11) is 0. The second kappa shape index (κ2) is 6.14. The highest BCUT2D eigenvalue weighted by molar-refractivity contribution is 9.09. The molecule has 6 atom stereocenters. The van der Waals surface area contributed by atoms with E-state index in [0.717, 1.165) is 30.6 Å². The van der Waals surface area contributed by atoms with Crippen molar-refractivity contribution in [3.8, 4) is 0 Å². The van der Waals surface area contributed by atoms with Gasteiger partial charge in [0.1, 0.15) is 11.4 Å². The van der Waals surface area contributed by atoms with Gasteiger partial charge < -0.3 is 4.74 Å². The molecule has 0 amide bonds. The van der Waals surface area contributed by atoms with Gasteiger partial charge >= 0.3 is 5.97 Å². The number of rotatable bonds is 2. The predicted molar refractivity (Wildman–Crippen MR) is 100.0 cm³/mol. The molecule has 4 aliphatic rings. The number of hydrogen-bond acceptors (Lipinski definition) is 2. The van der Waals surface area contributed by atoms with Crippen LogP contribution in [0.1, 0.15) is 71.6 Å². The summed E-state index contributed by atoms with van der Waals surface area (Å²) < 4.78 is 5.63. The van der Waals surface area contributed by atoms with Gasteiger partial charge in [-0.3, -0.25) is 4.79 Å². The fourth-order valence-electron chi connectivity index (χ4n) is 6.94. The van der Waals surface area contributed by atoms with Crippen LogP contribution < -0.4 is 0 Å². The Hall–Kier alpha value is -0.310. The van der Waals surface area contributed by atoms with Gasteiger partial charge in [-0.15, -0.1) is 0 Å². The number of alkyl halides is 1. The quantitative estimate of drug-likeness (QED) is 0.343. The van der Waals surface area contributed by atoms with Crippen molar-refractivity contribution in [3.05, 3.63) is 11.6 Å². The van der Waals surface area contributed by atoms with Gasteiger partial charge in [0.2, 0.25) is 0 Å². The lowest BCUT2D eigenvalue weighted by molar-refractivity contribution is -0.148. The summed E-state index contributed by atoms with van der Waals surface area (Å²) >= 11 is 3.21. The molecule has 4 aliphatic carbocycles. The summed E-state index contributed by atoms with van der Waals surface area (Å²) in [5.41, 5.74) is 2.60. The average molecular weight is 395 g/mol. The van der Waals surface area contributed by atoms with Gasteiger partial charge in [0.05, 0.1) is 0 Å². The second-order valence-corrected chi connectivity index (χ2v) is 9.89. The van der Waals surface area contributed by atoms with E-state index in [-0.39, 0.29) is 12.1 Å². The molecule has 134 valence electrons. The van der Waals surface area contributed by atoms with Gasteiger partial charge in [-0.05, 0) is 73.5 Å². The van der Waals surface area contributed by atoms with Crippen LogP contribution >= 0.6 is 15.9 Å². The molecule has 0 spiro atoms. The molecule has 0 heterocycles. The van der Waals surface area contributed by atoms with E-state index in [1.165, 1.54) is 44.9 Å². The average Bonchev–Trinajstić information content (AvgIpc) is 2.97. The lowest BCUT2D eigenvalue weighted by atomic mass is 9.48. The molecule has 0 saturated heterocycles. The summed E-state index contributed by atoms with van der Waals surface area (Å²) in [4.78, 5) is 11.6. The molecule has 0 aromatic heterocycles. The maximum absolute atomic E-state index is 11.6. The molecule has 24 heavy (non-hydrogen) atoms. The Balaban J connectivity index is 1.55. The zero-order chi connectivity index (χ0) is 16.9. The minimum absolute atomic E-state index is 0.103. The van der Waals surface area contributed by atoms with Crippen molar-refractivity contribution in [2.45, 2.75) is 77.7 Å². The molecular weight excluding hydrogens is 364 g/mol. The molecule has 0 radical (unpaired) electrons. The fraction of sp³-hybridized carbons (Fsp3) is 0.857. The van der Waals surface area contributed by atoms with Gasteiger partial charge in [-0.25, -0.2) is 0 Å². The van der Waals surface area contributed by atoms with E-state index in [2.05, 4.69) is 35.9 Å². The lowest BCUT2D eigenvalue weighted by Gasteiger charge is -2.57. The Labute approximate surface area is 154 Å². The van der Waals surface area contributed by atoms with Crippen molar-refractivity contribution in [1.82, 2.24) is 0 Å². The fourth-order valence-corrected chi connectivity index (χ4v) is 7.07. The molecule has 0 aromatic rings. The smallest absolute Gasteiger partial charge is 0.316 e. The number of ether oxygens (including phenoxy) is 1. The van der Waals surface area contributed by atoms with Crippen LogP contribution in [0.4, 0.5) is 0 Å². The molecule has 0 bridgehead atoms. The Kier molecular flexibility index (Phi) is 4.38. The summed E-state index contributed by atoms with van der Waals surface area (Å²) in [5, 5.41) is 0.310. The van der Waals surface area contributed by atoms with Crippen LogP contribution in [-0.2, 0) is 9.53 Å². The predicted octanol–water partition coefficient (Wildman–Crippen LogP) is 5.65. The van der Waals surface area contributed by atoms with Crippen molar-refractivity contribution in [2.24, 2.45) is 28.6 Å². The van der Waals surface area contributed by atoms with Crippen molar-refractivity contribution in [3.63, 3.8) is 0 Å². The number of fused-ring (bicyclic) bond motifs is 5. The highest BCUT2D eigenvalue weighted by Crippen LogP contribution is 2.64. The number of esters is 1. The molecule has 0 aromatic carbocycles. The highest BCUT2D eigenvalue weighted by Gasteiger charge is 2.55. The van der Waals surface area contributed by atoms with E-state index in [4.69, 9.17) is 4.74 Å². The molecule has 2 nitrogen and oxygen atoms in total. The highest BCUT2D eigenvalue weighted by atomic mass is 79.9. The summed E-state index contributed by atoms with van der Waals surface area (Å²) in [6.45, 7) is 5.09. The number of halogens is 1. The van der Waals surface area contributed by atoms with Gasteiger partial charge in [0, 0.05) is 6.42 Å². The largest absolute Gasteiger partial charge is 0.461 e. The molecule has 6 unspecified atom stereocenters. The van der Waals surface area contributed by atoms with Crippen molar-refractivity contribution in [1.29, 1.82) is 0 Å². The zero-order valence-corrected chi connectivity index (χ0v) is 16.7. The first-order valence-electron chi connectivity index (χ1n) is 9.91. The van der Waals surface area contributed by atoms with Crippen molar-refractivity contribution < 1.29 is 9.53 Å². The second-order valence-electron chi connectivity index (χ2n) is 9.33. The van der Waals surface area contributed by atoms with Gasteiger partial charge in [-0.1, -0.05) is 47.8 Å². The first-order valence-corrected chi connectivity index (χ1v) is 11.0. The third-order valence-electron chi connectivity index (χ3n) is 8.25. The van der Waals surface area contributed by atoms with Crippen LogP contribution in [-0.4, -0.2) is 17.4 Å². The Morgan fingerprint density at radius 1 is 1.21 bits per heavy atom. The zero-order valence-electron chi connectivity index (χ0n) is 15.2. The van der Waals surface area contributed by atoms with E-state index in [1.54, 1.807) is 5.57 Å². The van der Waals surface area contributed by atoms with Gasteiger partial charge in [0.15, 0.2) is 0 Å². The van der Waals surface area contributed by atoms with Gasteiger partial charge in [-0.2, -0.15) is 0 Å². The third kappa shape index (κ3) is 2.61. The van der Waals surface area contributed by atoms with E-state index >= 15 is 0 Å². The molecule has 0 N–H and O–H groups in total. The van der Waals surface area contributed by atoms with Crippen molar-refractivity contribution in [2.75, 3.05) is 5.33 Å². The summed E-state index contributed by atoms with van der Waals surface area (Å²) in [5.74, 6) is 2.61. The Bertz CT molecular complexity index is 556. The molecule has 3 fully saturated rings. The number of carbonyl (C=O) groups excluding carboxylic acids is 1. The number of allylic oxidation sites excluding steroid dienone is 1. The molecular formula is C21H31BrO2. The first-order chi connectivity index (χ1) is 11.5. The monoisotopic (exact) mass is 394 g/mol. The van der Waals surface area contributed by atoms with E-state index in [0.29, 0.717) is 16.2 Å². The Morgan fingerprint density at radius 3 is 2.83 bits per heavy atom. The van der Waals surface area contributed by atoms with Crippen LogP contribution in [0.25, 0.3) is 0 Å². The molecule has 3 saturated carbocycles. The molecule has 4 rings (SSSR count). The standard InChI is InChI=1S/C21H31BrO2/c1-20-9-3-4-17(20)16-6-5-14-12-15(24-19(23)13-22)7-11-21(14,2)18(16)8-10-20/h5,15-18H,3-4,6-13H2,1-2H3. The normalized spacial score (nSPS) is 47.2. The van der Waals surface area contributed by atoms with Gasteiger partial charge in [0.25, 0.3) is 0 Å². The lowest BCUT2D eigenvalue weighted by Crippen LogP contribution is -2.49. The van der Waals surface area contributed by atoms with E-state index < -0.39 is 0 Å². The van der Waals surface area contributed by atoms with Crippen LogP contribution in [0, 0.1) is 28.6 Å². The van der Waals surface area contributed by atoms with E-state index in [9.17, 15) is 4.79 Å². The van der Waals surface area contributed by atoms with Crippen LogP contribution in [0.3, 0.4) is 0 Å². The molecule has 3 heteroatoms. The van der Waals surface area contributed by atoms with Crippen molar-refractivity contribution >= 4 is 21.9 Å². The van der Waals surface area contributed by atoms with E-state index in [1.807, 2.05) is 0 Å². The topological polar surface area (TPSA) is 26.3 Å². The van der Waals surface area contributed by atoms with Crippen LogP contribution in [0.2, 0.25) is 0 Å². The van der Waals surface area contributed by atoms with Crippen LogP contribution in [0.15, 0.2) is 11.6 Å². The SMILES string of the molecule is CC12CCCC1C1CC=C3CC(OC(=O)CBr)CCC3(C)C1CC2. The minimum atomic E-state index is -0.114. The molecule has 0 aliphatic heterocycles. The third-order valence-corrected chi connectivity index (χ3v) is 8.70. The summed E-state index contributed by atoms with van der Waals surface area (Å²) in [6, 6.07) is 0. The maximum Gasteiger partial charge on any atom is 0.316 e. The maximum atomic E-state index is 11.6. The Morgan fingerprint density at radius 2 is 2.04 bits per heavy atom. The first kappa shape index (κ1) is 17.1. The number of carbonyl (C=O) groups is 1.